The maximum Gasteiger partial charge on any atom is 0.253 e. The molecule has 1 saturated heterocycles. The van der Waals surface area contributed by atoms with Crippen LogP contribution in [0.25, 0.3) is 11.2 Å². The number of anilines is 1. The highest BCUT2D eigenvalue weighted by Crippen LogP contribution is 2.21. The molecule has 8 nitrogen and oxygen atoms in total. The second-order valence-electron chi connectivity index (χ2n) is 5.73. The molecule has 0 radical (unpaired) electrons. The van der Waals surface area contributed by atoms with Crippen LogP contribution in [-0.2, 0) is 7.05 Å². The normalized spacial score (nSPS) is 15.0. The highest BCUT2D eigenvalue weighted by Gasteiger charge is 2.24. The van der Waals surface area contributed by atoms with E-state index >= 15 is 0 Å². The van der Waals surface area contributed by atoms with Gasteiger partial charge in [0.15, 0.2) is 17.0 Å². The summed E-state index contributed by atoms with van der Waals surface area (Å²) in [6, 6.07) is 9.38. The first-order chi connectivity index (χ1) is 11.7. The Balaban J connectivity index is 1.51. The number of amides is 1. The van der Waals surface area contributed by atoms with Gasteiger partial charge < -0.3 is 9.80 Å². The number of carbonyl (C=O) groups excluding carboxylic acids is 1. The summed E-state index contributed by atoms with van der Waals surface area (Å²) < 4.78 is 1.63. The summed E-state index contributed by atoms with van der Waals surface area (Å²) in [5.74, 6) is 0.850. The van der Waals surface area contributed by atoms with Gasteiger partial charge in [-0.15, -0.1) is 5.10 Å². The Morgan fingerprint density at radius 3 is 2.54 bits per heavy atom. The maximum absolute atomic E-state index is 12.5. The van der Waals surface area contributed by atoms with E-state index in [1.807, 2.05) is 42.3 Å². The van der Waals surface area contributed by atoms with Crippen molar-refractivity contribution < 1.29 is 4.79 Å². The number of aryl methyl sites for hydroxylation is 1. The molecule has 2 aromatic heterocycles. The fourth-order valence-electron chi connectivity index (χ4n) is 2.96. The minimum atomic E-state index is 0.0718. The second kappa shape index (κ2) is 5.88. The Morgan fingerprint density at radius 2 is 1.79 bits per heavy atom. The number of hydrogen-bond acceptors (Lipinski definition) is 6. The van der Waals surface area contributed by atoms with Crippen molar-refractivity contribution in [2.24, 2.45) is 7.05 Å². The van der Waals surface area contributed by atoms with Gasteiger partial charge >= 0.3 is 0 Å². The van der Waals surface area contributed by atoms with Crippen LogP contribution in [0.1, 0.15) is 10.4 Å². The number of carbonyl (C=O) groups is 1. The van der Waals surface area contributed by atoms with Crippen LogP contribution in [0.2, 0.25) is 0 Å². The van der Waals surface area contributed by atoms with Crippen LogP contribution in [-0.4, -0.2) is 61.9 Å². The summed E-state index contributed by atoms with van der Waals surface area (Å²) in [6.45, 7) is 2.72. The van der Waals surface area contributed by atoms with Crippen LogP contribution < -0.4 is 4.90 Å². The molecule has 0 aliphatic carbocycles. The molecule has 0 bridgehead atoms. The molecule has 1 aromatic carbocycles. The molecule has 3 aromatic rings. The average molecular weight is 323 g/mol. The van der Waals surface area contributed by atoms with E-state index in [1.54, 1.807) is 4.68 Å². The summed E-state index contributed by atoms with van der Waals surface area (Å²) in [4.78, 5) is 25.1. The quantitative estimate of drug-likeness (QED) is 0.691. The predicted octanol–water partition coefficient (Wildman–Crippen LogP) is 0.721. The molecule has 0 N–H and O–H groups in total. The SMILES string of the molecule is Cn1nnc2c(N3CCN(C(=O)c4ccccc4)CC3)ncnc21. The third-order valence-corrected chi connectivity index (χ3v) is 4.26. The number of fused-ring (bicyclic) bond motifs is 1. The van der Waals surface area contributed by atoms with Gasteiger partial charge in [-0.3, -0.25) is 4.79 Å². The lowest BCUT2D eigenvalue weighted by molar-refractivity contribution is 0.0746. The van der Waals surface area contributed by atoms with E-state index in [0.717, 1.165) is 11.4 Å². The van der Waals surface area contributed by atoms with Crippen LogP contribution in [0.15, 0.2) is 36.7 Å². The van der Waals surface area contributed by atoms with Gasteiger partial charge in [0.1, 0.15) is 6.33 Å². The van der Waals surface area contributed by atoms with Gasteiger partial charge in [-0.05, 0) is 12.1 Å². The number of nitrogens with zero attached hydrogens (tertiary/aromatic N) is 7. The molecular weight excluding hydrogens is 306 g/mol. The molecule has 1 fully saturated rings. The third kappa shape index (κ3) is 2.45. The second-order valence-corrected chi connectivity index (χ2v) is 5.73. The van der Waals surface area contributed by atoms with Crippen molar-refractivity contribution in [3.8, 4) is 0 Å². The number of aromatic nitrogens is 5. The third-order valence-electron chi connectivity index (χ3n) is 4.26. The Morgan fingerprint density at radius 1 is 1.04 bits per heavy atom. The lowest BCUT2D eigenvalue weighted by Gasteiger charge is -2.35. The van der Waals surface area contributed by atoms with E-state index in [1.165, 1.54) is 6.33 Å². The standard InChI is InChI=1S/C16H17N7O/c1-21-14-13(19-20-21)15(18-11-17-14)22-7-9-23(10-8-22)16(24)12-5-3-2-4-6-12/h2-6,11H,7-10H2,1H3. The van der Waals surface area contributed by atoms with Crippen LogP contribution in [0.3, 0.4) is 0 Å². The van der Waals surface area contributed by atoms with Gasteiger partial charge in [0.2, 0.25) is 0 Å². The Labute approximate surface area is 138 Å². The summed E-state index contributed by atoms with van der Waals surface area (Å²) in [5.41, 5.74) is 2.13. The molecule has 24 heavy (non-hydrogen) atoms. The van der Waals surface area contributed by atoms with Crippen LogP contribution in [0.4, 0.5) is 5.82 Å². The Kier molecular flexibility index (Phi) is 3.56. The zero-order valence-electron chi connectivity index (χ0n) is 13.3. The molecular formula is C16H17N7O. The van der Waals surface area contributed by atoms with E-state index < -0.39 is 0 Å². The number of rotatable bonds is 2. The zero-order valence-corrected chi connectivity index (χ0v) is 13.3. The topological polar surface area (TPSA) is 80.0 Å². The molecule has 122 valence electrons. The van der Waals surface area contributed by atoms with E-state index in [9.17, 15) is 4.79 Å². The zero-order chi connectivity index (χ0) is 16.5. The predicted molar refractivity (Wildman–Crippen MR) is 88.7 cm³/mol. The number of piperazine rings is 1. The molecule has 1 amide bonds. The molecule has 1 aliphatic heterocycles. The first-order valence-corrected chi connectivity index (χ1v) is 7.83. The average Bonchev–Trinajstić information content (AvgIpc) is 3.03. The largest absolute Gasteiger partial charge is 0.351 e. The molecule has 0 saturated carbocycles. The summed E-state index contributed by atoms with van der Waals surface area (Å²) >= 11 is 0. The summed E-state index contributed by atoms with van der Waals surface area (Å²) in [5, 5.41) is 8.17. The van der Waals surface area contributed by atoms with Crippen molar-refractivity contribution in [3.05, 3.63) is 42.2 Å². The molecule has 4 rings (SSSR count). The highest BCUT2D eigenvalue weighted by atomic mass is 16.2. The highest BCUT2D eigenvalue weighted by molar-refractivity contribution is 5.94. The summed E-state index contributed by atoms with van der Waals surface area (Å²) in [6.07, 6.45) is 1.53. The fraction of sp³-hybridized carbons (Fsp3) is 0.312. The van der Waals surface area contributed by atoms with Crippen molar-refractivity contribution in [2.75, 3.05) is 31.1 Å². The minimum absolute atomic E-state index is 0.0718. The van der Waals surface area contributed by atoms with Crippen molar-refractivity contribution in [1.29, 1.82) is 0 Å². The molecule has 0 spiro atoms. The lowest BCUT2D eigenvalue weighted by atomic mass is 10.2. The van der Waals surface area contributed by atoms with Crippen molar-refractivity contribution in [1.82, 2.24) is 29.9 Å². The first kappa shape index (κ1) is 14.6. The van der Waals surface area contributed by atoms with E-state index in [2.05, 4.69) is 25.2 Å². The van der Waals surface area contributed by atoms with Gasteiger partial charge in [-0.2, -0.15) is 0 Å². The van der Waals surface area contributed by atoms with E-state index in [-0.39, 0.29) is 5.91 Å². The molecule has 0 atom stereocenters. The van der Waals surface area contributed by atoms with Crippen LogP contribution in [0.5, 0.6) is 0 Å². The minimum Gasteiger partial charge on any atom is -0.351 e. The molecule has 0 unspecified atom stereocenters. The van der Waals surface area contributed by atoms with Crippen molar-refractivity contribution in [2.45, 2.75) is 0 Å². The molecule has 3 heterocycles. The van der Waals surface area contributed by atoms with Gasteiger partial charge in [-0.1, -0.05) is 23.4 Å². The van der Waals surface area contributed by atoms with Crippen molar-refractivity contribution in [3.63, 3.8) is 0 Å². The van der Waals surface area contributed by atoms with Gasteiger partial charge in [0, 0.05) is 38.8 Å². The Hall–Kier alpha value is -3.03. The van der Waals surface area contributed by atoms with Gasteiger partial charge in [0.25, 0.3) is 5.91 Å². The molecule has 1 aliphatic rings. The fourth-order valence-corrected chi connectivity index (χ4v) is 2.96. The lowest BCUT2D eigenvalue weighted by Crippen LogP contribution is -2.49. The first-order valence-electron chi connectivity index (χ1n) is 7.83. The number of benzene rings is 1. The van der Waals surface area contributed by atoms with E-state index in [4.69, 9.17) is 0 Å². The van der Waals surface area contributed by atoms with Crippen molar-refractivity contribution >= 4 is 22.9 Å². The maximum atomic E-state index is 12.5. The van der Waals surface area contributed by atoms with E-state index in [0.29, 0.717) is 37.3 Å². The number of hydrogen-bond donors (Lipinski definition) is 0. The van der Waals surface area contributed by atoms with Gasteiger partial charge in [-0.25, -0.2) is 14.6 Å². The van der Waals surface area contributed by atoms with Crippen LogP contribution >= 0.6 is 0 Å². The molecule has 8 heteroatoms. The monoisotopic (exact) mass is 323 g/mol. The van der Waals surface area contributed by atoms with Gasteiger partial charge in [0.05, 0.1) is 0 Å². The summed E-state index contributed by atoms with van der Waals surface area (Å²) in [7, 11) is 1.81. The smallest absolute Gasteiger partial charge is 0.253 e. The van der Waals surface area contributed by atoms with Crippen LogP contribution in [0, 0.1) is 0 Å². The Bertz CT molecular complexity index is 869.